The smallest absolute Gasteiger partial charge is 0.256 e. The molecule has 0 saturated carbocycles. The zero-order chi connectivity index (χ0) is 15.9. The van der Waals surface area contributed by atoms with Gasteiger partial charge in [0.25, 0.3) is 5.56 Å². The third-order valence-electron chi connectivity index (χ3n) is 3.68. The highest BCUT2D eigenvalue weighted by molar-refractivity contribution is 5.94. The van der Waals surface area contributed by atoms with E-state index < -0.39 is 5.92 Å². The van der Waals surface area contributed by atoms with Crippen LogP contribution in [0.4, 0.5) is 5.82 Å². The number of phenols is 1. The molecular formula is C15H15N3O4. The Kier molecular flexibility index (Phi) is 3.32. The SMILES string of the molecule is COc1cc(C2CC(=O)Nc3nc(C)[nH]c(=O)c32)ccc1O. The first-order valence-electron chi connectivity index (χ1n) is 6.77. The fourth-order valence-corrected chi connectivity index (χ4v) is 2.68. The van der Waals surface area contributed by atoms with E-state index in [2.05, 4.69) is 15.3 Å². The maximum Gasteiger partial charge on any atom is 0.256 e. The van der Waals surface area contributed by atoms with E-state index >= 15 is 0 Å². The Morgan fingerprint density at radius 3 is 2.86 bits per heavy atom. The number of anilines is 1. The Balaban J connectivity index is 2.17. The number of aromatic nitrogens is 2. The molecule has 0 radical (unpaired) electrons. The molecule has 7 nitrogen and oxygen atoms in total. The van der Waals surface area contributed by atoms with Crippen LogP contribution in [0, 0.1) is 6.92 Å². The summed E-state index contributed by atoms with van der Waals surface area (Å²) in [5, 5.41) is 12.3. The van der Waals surface area contributed by atoms with Crippen molar-refractivity contribution in [3.05, 3.63) is 45.5 Å². The van der Waals surface area contributed by atoms with Crippen molar-refractivity contribution in [2.24, 2.45) is 0 Å². The predicted octanol–water partition coefficient (Wildman–Crippen LogP) is 1.27. The van der Waals surface area contributed by atoms with Crippen LogP contribution in [0.1, 0.15) is 29.3 Å². The number of rotatable bonds is 2. The fraction of sp³-hybridized carbons (Fsp3) is 0.267. The lowest BCUT2D eigenvalue weighted by atomic mass is 9.86. The molecule has 22 heavy (non-hydrogen) atoms. The Hall–Kier alpha value is -2.83. The first-order valence-corrected chi connectivity index (χ1v) is 6.77. The minimum Gasteiger partial charge on any atom is -0.504 e. The molecule has 1 aromatic heterocycles. The number of hydrogen-bond donors (Lipinski definition) is 3. The molecule has 1 aliphatic rings. The van der Waals surface area contributed by atoms with Gasteiger partial charge in [-0.25, -0.2) is 4.98 Å². The summed E-state index contributed by atoms with van der Waals surface area (Å²) < 4.78 is 5.09. The van der Waals surface area contributed by atoms with E-state index in [1.54, 1.807) is 19.1 Å². The number of methoxy groups -OCH3 is 1. The highest BCUT2D eigenvalue weighted by Gasteiger charge is 2.31. The number of ether oxygens (including phenoxy) is 1. The number of nitrogens with one attached hydrogen (secondary N) is 2. The van der Waals surface area contributed by atoms with Crippen molar-refractivity contribution in [1.29, 1.82) is 0 Å². The molecule has 1 amide bonds. The number of aryl methyl sites for hydroxylation is 1. The number of amides is 1. The molecule has 1 atom stereocenters. The zero-order valence-corrected chi connectivity index (χ0v) is 12.1. The zero-order valence-electron chi connectivity index (χ0n) is 12.1. The van der Waals surface area contributed by atoms with Crippen LogP contribution in [-0.2, 0) is 4.79 Å². The van der Waals surface area contributed by atoms with Gasteiger partial charge in [0.15, 0.2) is 11.5 Å². The van der Waals surface area contributed by atoms with E-state index in [1.165, 1.54) is 13.2 Å². The number of H-pyrrole nitrogens is 1. The van der Waals surface area contributed by atoms with Crippen LogP contribution in [-0.4, -0.2) is 28.1 Å². The summed E-state index contributed by atoms with van der Waals surface area (Å²) in [6.45, 7) is 1.65. The molecule has 0 bridgehead atoms. The molecule has 0 spiro atoms. The summed E-state index contributed by atoms with van der Waals surface area (Å²) >= 11 is 0. The summed E-state index contributed by atoms with van der Waals surface area (Å²) in [6.07, 6.45) is 0.134. The molecule has 1 aliphatic heterocycles. The second-order valence-electron chi connectivity index (χ2n) is 5.15. The van der Waals surface area contributed by atoms with Crippen LogP contribution in [0.2, 0.25) is 0 Å². The van der Waals surface area contributed by atoms with Gasteiger partial charge in [-0.3, -0.25) is 9.59 Å². The van der Waals surface area contributed by atoms with Gasteiger partial charge in [0.1, 0.15) is 11.6 Å². The number of nitrogens with zero attached hydrogens (tertiary/aromatic N) is 1. The van der Waals surface area contributed by atoms with Crippen LogP contribution in [0.25, 0.3) is 0 Å². The topological polar surface area (TPSA) is 104 Å². The molecule has 1 aromatic carbocycles. The summed E-state index contributed by atoms with van der Waals surface area (Å²) in [6, 6.07) is 4.78. The van der Waals surface area contributed by atoms with Gasteiger partial charge in [0.2, 0.25) is 5.91 Å². The van der Waals surface area contributed by atoms with Gasteiger partial charge in [-0.1, -0.05) is 6.07 Å². The Labute approximate surface area is 126 Å². The second kappa shape index (κ2) is 5.18. The number of hydrogen-bond acceptors (Lipinski definition) is 5. The molecule has 0 aliphatic carbocycles. The molecule has 2 heterocycles. The van der Waals surface area contributed by atoms with Crippen LogP contribution >= 0.6 is 0 Å². The number of fused-ring (bicyclic) bond motifs is 1. The number of benzene rings is 1. The molecule has 7 heteroatoms. The molecule has 3 N–H and O–H groups in total. The molecular weight excluding hydrogens is 286 g/mol. The number of aromatic amines is 1. The van der Waals surface area contributed by atoms with Gasteiger partial charge in [0.05, 0.1) is 12.7 Å². The van der Waals surface area contributed by atoms with Crippen molar-refractivity contribution in [2.45, 2.75) is 19.3 Å². The van der Waals surface area contributed by atoms with E-state index in [1.807, 2.05) is 0 Å². The normalized spacial score (nSPS) is 16.8. The first kappa shape index (κ1) is 14.1. The number of carbonyl (C=O) groups excluding carboxylic acids is 1. The third kappa shape index (κ3) is 2.30. The predicted molar refractivity (Wildman–Crippen MR) is 79.3 cm³/mol. The van der Waals surface area contributed by atoms with Crippen molar-refractivity contribution in [3.8, 4) is 11.5 Å². The quantitative estimate of drug-likeness (QED) is 0.774. The van der Waals surface area contributed by atoms with Crippen molar-refractivity contribution < 1.29 is 14.6 Å². The summed E-state index contributed by atoms with van der Waals surface area (Å²) in [4.78, 5) is 31.0. The van der Waals surface area contributed by atoms with Gasteiger partial charge >= 0.3 is 0 Å². The van der Waals surface area contributed by atoms with E-state index in [4.69, 9.17) is 4.74 Å². The number of phenolic OH excluding ortho intramolecular Hbond substituents is 1. The lowest BCUT2D eigenvalue weighted by molar-refractivity contribution is -0.116. The van der Waals surface area contributed by atoms with Crippen LogP contribution in [0.3, 0.4) is 0 Å². The minimum atomic E-state index is -0.435. The summed E-state index contributed by atoms with van der Waals surface area (Å²) in [7, 11) is 1.44. The third-order valence-corrected chi connectivity index (χ3v) is 3.68. The highest BCUT2D eigenvalue weighted by atomic mass is 16.5. The first-order chi connectivity index (χ1) is 10.5. The standard InChI is InChI=1S/C15H15N3O4/c1-7-16-14-13(15(21)17-7)9(6-12(20)18-14)8-3-4-10(19)11(5-8)22-2/h3-5,9,19H,6H2,1-2H3,(H2,16,17,18,20,21). The van der Waals surface area contributed by atoms with Gasteiger partial charge in [-0.2, -0.15) is 0 Å². The van der Waals surface area contributed by atoms with Gasteiger partial charge in [0, 0.05) is 12.3 Å². The number of aromatic hydroxyl groups is 1. The van der Waals surface area contributed by atoms with Gasteiger partial charge < -0.3 is 20.1 Å². The van der Waals surface area contributed by atoms with Gasteiger partial charge in [-0.15, -0.1) is 0 Å². The van der Waals surface area contributed by atoms with Crippen molar-refractivity contribution >= 4 is 11.7 Å². The Morgan fingerprint density at radius 1 is 1.36 bits per heavy atom. The average Bonchev–Trinajstić information content (AvgIpc) is 2.46. The maximum atomic E-state index is 12.3. The van der Waals surface area contributed by atoms with Crippen LogP contribution in [0.5, 0.6) is 11.5 Å². The largest absolute Gasteiger partial charge is 0.504 e. The average molecular weight is 301 g/mol. The van der Waals surface area contributed by atoms with Crippen molar-refractivity contribution in [2.75, 3.05) is 12.4 Å². The van der Waals surface area contributed by atoms with Crippen LogP contribution in [0.15, 0.2) is 23.0 Å². The summed E-state index contributed by atoms with van der Waals surface area (Å²) in [5.41, 5.74) is 0.847. The van der Waals surface area contributed by atoms with E-state index in [-0.39, 0.29) is 29.5 Å². The van der Waals surface area contributed by atoms with Crippen molar-refractivity contribution in [1.82, 2.24) is 9.97 Å². The lowest BCUT2D eigenvalue weighted by Gasteiger charge is -2.24. The molecule has 0 saturated heterocycles. The van der Waals surface area contributed by atoms with Crippen LogP contribution < -0.4 is 15.6 Å². The fourth-order valence-electron chi connectivity index (χ4n) is 2.68. The minimum absolute atomic E-state index is 0.00248. The molecule has 0 fully saturated rings. The lowest BCUT2D eigenvalue weighted by Crippen LogP contribution is -2.31. The Bertz CT molecular complexity index is 813. The molecule has 114 valence electrons. The monoisotopic (exact) mass is 301 g/mol. The second-order valence-corrected chi connectivity index (χ2v) is 5.15. The summed E-state index contributed by atoms with van der Waals surface area (Å²) in [5.74, 6) is 0.379. The van der Waals surface area contributed by atoms with Gasteiger partial charge in [-0.05, 0) is 24.6 Å². The molecule has 3 rings (SSSR count). The Morgan fingerprint density at radius 2 is 2.14 bits per heavy atom. The highest BCUT2D eigenvalue weighted by Crippen LogP contribution is 2.37. The van der Waals surface area contributed by atoms with Crippen molar-refractivity contribution in [3.63, 3.8) is 0 Å². The molecule has 2 aromatic rings. The van der Waals surface area contributed by atoms with E-state index in [0.29, 0.717) is 22.7 Å². The van der Waals surface area contributed by atoms with E-state index in [0.717, 1.165) is 0 Å². The molecule has 1 unspecified atom stereocenters. The number of carbonyl (C=O) groups is 1. The van der Waals surface area contributed by atoms with E-state index in [9.17, 15) is 14.7 Å². The maximum absolute atomic E-state index is 12.3.